The third-order valence-corrected chi connectivity index (χ3v) is 8.72. The number of hydrogen-bond acceptors (Lipinski definition) is 6. The minimum atomic E-state index is -1.31. The first-order chi connectivity index (χ1) is 21.0. The lowest BCUT2D eigenvalue weighted by Gasteiger charge is -2.46. The van der Waals surface area contributed by atoms with E-state index in [1.807, 2.05) is 4.90 Å². The number of benzene rings is 2. The molecule has 44 heavy (non-hydrogen) atoms. The highest BCUT2D eigenvalue weighted by molar-refractivity contribution is 6.30. The second-order valence-electron chi connectivity index (χ2n) is 11.5. The summed E-state index contributed by atoms with van der Waals surface area (Å²) >= 11 is 6.04. The maximum absolute atomic E-state index is 15.1. The Morgan fingerprint density at radius 1 is 1.11 bits per heavy atom. The molecule has 2 aromatic carbocycles. The average Bonchev–Trinajstić information content (AvgIpc) is 2.98. The number of likely N-dealkylation sites (tertiary alicyclic amines) is 1. The van der Waals surface area contributed by atoms with E-state index in [0.717, 1.165) is 24.4 Å². The van der Waals surface area contributed by atoms with Gasteiger partial charge in [0.05, 0.1) is 35.8 Å². The van der Waals surface area contributed by atoms with Crippen LogP contribution in [0.25, 0.3) is 0 Å². The van der Waals surface area contributed by atoms with Crippen LogP contribution in [-0.4, -0.2) is 65.6 Å². The zero-order valence-corrected chi connectivity index (χ0v) is 25.0. The molecular formula is C32H35ClF3N5O3. The summed E-state index contributed by atoms with van der Waals surface area (Å²) in [6, 6.07) is 8.13. The summed E-state index contributed by atoms with van der Waals surface area (Å²) in [5, 5.41) is 6.56. The molecule has 2 aliphatic heterocycles. The lowest BCUT2D eigenvalue weighted by Crippen LogP contribution is -2.58. The number of amides is 2. The molecule has 2 fully saturated rings. The van der Waals surface area contributed by atoms with Gasteiger partial charge in [0.1, 0.15) is 17.5 Å². The summed E-state index contributed by atoms with van der Waals surface area (Å²) in [5.74, 6) is -3.79. The number of nitrogens with two attached hydrogens (primary N) is 1. The topological polar surface area (TPSA) is 110 Å². The summed E-state index contributed by atoms with van der Waals surface area (Å²) < 4.78 is 50.0. The molecule has 0 saturated carbocycles. The van der Waals surface area contributed by atoms with Crippen molar-refractivity contribution in [2.75, 3.05) is 31.5 Å². The van der Waals surface area contributed by atoms with Crippen molar-refractivity contribution in [1.29, 1.82) is 0 Å². The van der Waals surface area contributed by atoms with Crippen molar-refractivity contribution in [2.45, 2.75) is 56.3 Å². The standard InChI is InChI=1S/C32H35ClF3N5O3/c1-19(42)41-10-8-32(9-11-41)18-39-15-25(44-32)6-7-26-27(36)16-38-17-28(26)40-31(43)30(37)29(20-2-4-22(33)5-3-20)21-12-23(34)14-24(35)13-21/h2-5,12-14,16-17,25,29-30,39H,6-11,15,18,37H2,1H3,(H,40,43)/t25-,29?,30+/m1/s1. The Morgan fingerprint density at radius 2 is 1.80 bits per heavy atom. The monoisotopic (exact) mass is 629 g/mol. The van der Waals surface area contributed by atoms with Gasteiger partial charge < -0.3 is 26.0 Å². The molecule has 0 aliphatic carbocycles. The normalized spacial score (nSPS) is 19.4. The van der Waals surface area contributed by atoms with Gasteiger partial charge >= 0.3 is 0 Å². The smallest absolute Gasteiger partial charge is 0.242 e. The van der Waals surface area contributed by atoms with Crippen LogP contribution in [0.4, 0.5) is 18.9 Å². The second-order valence-corrected chi connectivity index (χ2v) is 11.9. The van der Waals surface area contributed by atoms with Gasteiger partial charge in [0.2, 0.25) is 11.8 Å². The second kappa shape index (κ2) is 13.6. The number of piperidine rings is 1. The van der Waals surface area contributed by atoms with Crippen LogP contribution in [0.2, 0.25) is 5.02 Å². The van der Waals surface area contributed by atoms with E-state index in [1.54, 1.807) is 31.2 Å². The van der Waals surface area contributed by atoms with E-state index in [9.17, 15) is 18.4 Å². The Bertz CT molecular complexity index is 1480. The molecule has 1 spiro atoms. The first-order valence-corrected chi connectivity index (χ1v) is 15.0. The van der Waals surface area contributed by atoms with Crippen LogP contribution in [0.5, 0.6) is 0 Å². The number of carbonyl (C=O) groups is 2. The number of halogens is 4. The molecule has 1 aromatic heterocycles. The van der Waals surface area contributed by atoms with Crippen molar-refractivity contribution < 1.29 is 27.5 Å². The van der Waals surface area contributed by atoms with E-state index in [0.29, 0.717) is 56.0 Å². The van der Waals surface area contributed by atoms with Crippen LogP contribution in [-0.2, 0) is 20.7 Å². The summed E-state index contributed by atoms with van der Waals surface area (Å²) in [5.41, 5.74) is 7.13. The molecule has 1 unspecified atom stereocenters. The number of nitrogens with zero attached hydrogens (tertiary/aromatic N) is 2. The van der Waals surface area contributed by atoms with Crippen molar-refractivity contribution in [3.63, 3.8) is 0 Å². The van der Waals surface area contributed by atoms with Gasteiger partial charge in [-0.15, -0.1) is 0 Å². The number of hydrogen-bond donors (Lipinski definition) is 3. The maximum Gasteiger partial charge on any atom is 0.242 e. The summed E-state index contributed by atoms with van der Waals surface area (Å²) in [6.45, 7) is 4.08. The molecule has 0 radical (unpaired) electrons. The third kappa shape index (κ3) is 7.40. The van der Waals surface area contributed by atoms with E-state index >= 15 is 4.39 Å². The number of morpholine rings is 1. The van der Waals surface area contributed by atoms with Crippen LogP contribution in [0.15, 0.2) is 54.9 Å². The molecule has 3 aromatic rings. The molecule has 12 heteroatoms. The number of pyridine rings is 1. The molecule has 5 rings (SSSR count). The van der Waals surface area contributed by atoms with Gasteiger partial charge in [0.15, 0.2) is 0 Å². The number of anilines is 1. The van der Waals surface area contributed by atoms with Crippen molar-refractivity contribution in [2.24, 2.45) is 5.73 Å². The molecule has 234 valence electrons. The Morgan fingerprint density at radius 3 is 2.45 bits per heavy atom. The Labute approximate surface area is 259 Å². The van der Waals surface area contributed by atoms with E-state index in [-0.39, 0.29) is 40.8 Å². The first-order valence-electron chi connectivity index (χ1n) is 14.6. The van der Waals surface area contributed by atoms with Gasteiger partial charge in [-0.05, 0) is 61.1 Å². The van der Waals surface area contributed by atoms with Crippen LogP contribution in [0.1, 0.15) is 48.8 Å². The average molecular weight is 630 g/mol. The van der Waals surface area contributed by atoms with Crippen molar-refractivity contribution >= 4 is 29.1 Å². The van der Waals surface area contributed by atoms with Crippen molar-refractivity contribution in [3.8, 4) is 0 Å². The van der Waals surface area contributed by atoms with Gasteiger partial charge in [-0.25, -0.2) is 13.2 Å². The highest BCUT2D eigenvalue weighted by Gasteiger charge is 2.40. The maximum atomic E-state index is 15.1. The SMILES string of the molecule is CC(=O)N1CCC2(CC1)CNC[C@@H](CCc1c(F)cncc1NC(=O)[C@@H](N)C(c1ccc(Cl)cc1)c1cc(F)cc(F)c1)O2. The molecule has 2 aliphatic rings. The van der Waals surface area contributed by atoms with Gasteiger partial charge in [0.25, 0.3) is 0 Å². The molecule has 3 heterocycles. The van der Waals surface area contributed by atoms with E-state index < -0.39 is 35.3 Å². The Balaban J connectivity index is 1.31. The minimum Gasteiger partial charge on any atom is -0.369 e. The van der Waals surface area contributed by atoms with E-state index in [2.05, 4.69) is 15.6 Å². The number of carbonyl (C=O) groups excluding carboxylic acids is 2. The summed E-state index contributed by atoms with van der Waals surface area (Å²) in [7, 11) is 0. The zero-order chi connectivity index (χ0) is 31.4. The lowest BCUT2D eigenvalue weighted by molar-refractivity contribution is -0.153. The number of nitrogens with one attached hydrogen (secondary N) is 2. The third-order valence-electron chi connectivity index (χ3n) is 8.47. The quantitative estimate of drug-likeness (QED) is 0.337. The number of aromatic nitrogens is 1. The van der Waals surface area contributed by atoms with Gasteiger partial charge in [-0.1, -0.05) is 23.7 Å². The van der Waals surface area contributed by atoms with Gasteiger partial charge in [-0.2, -0.15) is 0 Å². The summed E-state index contributed by atoms with van der Waals surface area (Å²) in [4.78, 5) is 31.0. The van der Waals surface area contributed by atoms with Gasteiger partial charge in [0, 0.05) is 55.7 Å². The van der Waals surface area contributed by atoms with Gasteiger partial charge in [-0.3, -0.25) is 14.6 Å². The number of ether oxygens (including phenoxy) is 1. The Kier molecular flexibility index (Phi) is 9.89. The predicted octanol–water partition coefficient (Wildman–Crippen LogP) is 4.55. The fourth-order valence-corrected chi connectivity index (χ4v) is 6.24. The summed E-state index contributed by atoms with van der Waals surface area (Å²) in [6.07, 6.45) is 4.36. The largest absolute Gasteiger partial charge is 0.369 e. The molecule has 2 amide bonds. The molecule has 4 N–H and O–H groups in total. The predicted molar refractivity (Wildman–Crippen MR) is 161 cm³/mol. The highest BCUT2D eigenvalue weighted by Crippen LogP contribution is 2.33. The lowest BCUT2D eigenvalue weighted by atomic mass is 9.84. The fraction of sp³-hybridized carbons (Fsp3) is 0.406. The molecule has 3 atom stereocenters. The van der Waals surface area contributed by atoms with E-state index in [4.69, 9.17) is 22.1 Å². The van der Waals surface area contributed by atoms with Crippen LogP contribution in [0.3, 0.4) is 0 Å². The first kappa shape index (κ1) is 31.9. The van der Waals surface area contributed by atoms with E-state index in [1.165, 1.54) is 6.20 Å². The van der Waals surface area contributed by atoms with Crippen LogP contribution in [0, 0.1) is 17.5 Å². The van der Waals surface area contributed by atoms with Crippen LogP contribution >= 0.6 is 11.6 Å². The van der Waals surface area contributed by atoms with Crippen molar-refractivity contribution in [3.05, 3.63) is 94.0 Å². The molecule has 0 bridgehead atoms. The minimum absolute atomic E-state index is 0.0465. The number of rotatable bonds is 8. The fourth-order valence-electron chi connectivity index (χ4n) is 6.11. The molecule has 8 nitrogen and oxygen atoms in total. The Hall–Kier alpha value is -3.51. The molecular weight excluding hydrogens is 595 g/mol. The highest BCUT2D eigenvalue weighted by atomic mass is 35.5. The zero-order valence-electron chi connectivity index (χ0n) is 24.3. The van der Waals surface area contributed by atoms with Crippen molar-refractivity contribution in [1.82, 2.24) is 15.2 Å². The van der Waals surface area contributed by atoms with Crippen LogP contribution < -0.4 is 16.4 Å². The molecule has 2 saturated heterocycles.